The maximum atomic E-state index is 14.1. The van der Waals surface area contributed by atoms with E-state index >= 15 is 0 Å². The molecule has 5 rings (SSSR count). The molecule has 4 aromatic carbocycles. The van der Waals surface area contributed by atoms with E-state index in [1.165, 1.54) is 18.2 Å². The first-order valence-electron chi connectivity index (χ1n) is 15.5. The van der Waals surface area contributed by atoms with E-state index in [0.717, 1.165) is 16.3 Å². The van der Waals surface area contributed by atoms with Crippen molar-refractivity contribution in [3.05, 3.63) is 106 Å². The molecule has 252 valence electrons. The lowest BCUT2D eigenvalue weighted by Gasteiger charge is -2.26. The Morgan fingerprint density at radius 2 is 1.58 bits per heavy atom. The SMILES string of the molecule is CCCCOC(=O)CN(c1cccc2c(C(=O)NCc3ccc(C(=O)N4CCOCC4)cc3)cccc12)S(=O)(=O)c1cc(Cl)cc(Cl)c1. The van der Waals surface area contributed by atoms with Crippen LogP contribution in [-0.4, -0.2) is 70.6 Å². The Bertz CT molecular complexity index is 1890. The summed E-state index contributed by atoms with van der Waals surface area (Å²) in [4.78, 5) is 40.7. The Balaban J connectivity index is 1.41. The smallest absolute Gasteiger partial charge is 0.326 e. The van der Waals surface area contributed by atoms with Gasteiger partial charge in [-0.3, -0.25) is 18.7 Å². The predicted molar refractivity (Wildman–Crippen MR) is 185 cm³/mol. The van der Waals surface area contributed by atoms with Gasteiger partial charge in [0.05, 0.1) is 30.4 Å². The normalized spacial score (nSPS) is 13.3. The van der Waals surface area contributed by atoms with Crippen LogP contribution in [0.2, 0.25) is 10.0 Å². The van der Waals surface area contributed by atoms with E-state index in [4.69, 9.17) is 32.7 Å². The van der Waals surface area contributed by atoms with Crippen molar-refractivity contribution in [2.75, 3.05) is 43.8 Å². The lowest BCUT2D eigenvalue weighted by Crippen LogP contribution is -2.40. The van der Waals surface area contributed by atoms with Crippen molar-refractivity contribution in [1.82, 2.24) is 10.2 Å². The number of rotatable bonds is 12. The van der Waals surface area contributed by atoms with Crippen LogP contribution < -0.4 is 9.62 Å². The number of halogens is 2. The molecule has 1 heterocycles. The van der Waals surface area contributed by atoms with E-state index in [0.29, 0.717) is 54.6 Å². The second kappa shape index (κ2) is 15.8. The van der Waals surface area contributed by atoms with Gasteiger partial charge in [0, 0.05) is 46.2 Å². The van der Waals surface area contributed by atoms with Gasteiger partial charge in [-0.25, -0.2) is 8.42 Å². The van der Waals surface area contributed by atoms with Crippen LogP contribution in [0.3, 0.4) is 0 Å². The highest BCUT2D eigenvalue weighted by Gasteiger charge is 2.30. The van der Waals surface area contributed by atoms with Crippen molar-refractivity contribution in [1.29, 1.82) is 0 Å². The number of carbonyl (C=O) groups excluding carboxylic acids is 3. The molecule has 1 fully saturated rings. The number of unbranched alkanes of at least 4 members (excludes halogenated alkanes) is 1. The average molecular weight is 713 g/mol. The van der Waals surface area contributed by atoms with Crippen molar-refractivity contribution in [3.63, 3.8) is 0 Å². The van der Waals surface area contributed by atoms with Crippen LogP contribution in [0, 0.1) is 0 Å². The predicted octanol–water partition coefficient (Wildman–Crippen LogP) is 6.09. The van der Waals surface area contributed by atoms with Crippen molar-refractivity contribution in [2.45, 2.75) is 31.2 Å². The summed E-state index contributed by atoms with van der Waals surface area (Å²) in [5, 5.41) is 4.04. The fourth-order valence-electron chi connectivity index (χ4n) is 5.30. The molecule has 1 N–H and O–H groups in total. The fraction of sp³-hybridized carbons (Fsp3) is 0.286. The fourth-order valence-corrected chi connectivity index (χ4v) is 7.45. The van der Waals surface area contributed by atoms with Gasteiger partial charge in [-0.2, -0.15) is 0 Å². The monoisotopic (exact) mass is 711 g/mol. The summed E-state index contributed by atoms with van der Waals surface area (Å²) < 4.78 is 39.7. The highest BCUT2D eigenvalue weighted by atomic mass is 35.5. The number of fused-ring (bicyclic) bond motifs is 1. The van der Waals surface area contributed by atoms with Crippen molar-refractivity contribution >= 4 is 67.5 Å². The van der Waals surface area contributed by atoms with Crippen LogP contribution in [0.15, 0.2) is 83.8 Å². The van der Waals surface area contributed by atoms with Crippen LogP contribution in [0.25, 0.3) is 10.8 Å². The number of sulfonamides is 1. The minimum absolute atomic E-state index is 0.0656. The summed E-state index contributed by atoms with van der Waals surface area (Å²) >= 11 is 12.3. The summed E-state index contributed by atoms with van der Waals surface area (Å²) in [6.07, 6.45) is 1.43. The number of amides is 2. The number of hydrogen-bond donors (Lipinski definition) is 1. The second-order valence-electron chi connectivity index (χ2n) is 11.2. The van der Waals surface area contributed by atoms with Gasteiger partial charge >= 0.3 is 5.97 Å². The molecule has 0 unspecified atom stereocenters. The summed E-state index contributed by atoms with van der Waals surface area (Å²) in [5.41, 5.74) is 1.83. The van der Waals surface area contributed by atoms with Gasteiger partial charge < -0.3 is 19.7 Å². The first-order chi connectivity index (χ1) is 23.1. The third-order valence-corrected chi connectivity index (χ3v) is 10.00. The van der Waals surface area contributed by atoms with Gasteiger partial charge in [0.15, 0.2) is 0 Å². The largest absolute Gasteiger partial charge is 0.464 e. The molecule has 0 aromatic heterocycles. The van der Waals surface area contributed by atoms with Gasteiger partial charge in [0.2, 0.25) is 0 Å². The number of esters is 1. The van der Waals surface area contributed by atoms with Crippen LogP contribution in [0.5, 0.6) is 0 Å². The van der Waals surface area contributed by atoms with E-state index in [1.807, 2.05) is 6.92 Å². The minimum Gasteiger partial charge on any atom is -0.464 e. The third kappa shape index (κ3) is 8.27. The molecule has 0 aliphatic carbocycles. The molecule has 1 saturated heterocycles. The quantitative estimate of drug-likeness (QED) is 0.139. The second-order valence-corrected chi connectivity index (χ2v) is 13.9. The molecule has 4 aromatic rings. The molecule has 1 aliphatic rings. The van der Waals surface area contributed by atoms with Crippen molar-refractivity contribution in [3.8, 4) is 0 Å². The molecule has 48 heavy (non-hydrogen) atoms. The van der Waals surface area contributed by atoms with E-state index < -0.39 is 22.5 Å². The number of anilines is 1. The first-order valence-corrected chi connectivity index (χ1v) is 17.7. The summed E-state index contributed by atoms with van der Waals surface area (Å²) in [7, 11) is -4.38. The standard InChI is InChI=1S/C35H35Cl2N3O7S/c1-2-3-16-47-33(41)23-40(48(44,45)28-20-26(36)19-27(37)21-28)32-9-5-6-29-30(32)7-4-8-31(29)34(42)38-22-24-10-12-25(13-11-24)35(43)39-14-17-46-18-15-39/h4-13,19-21H,2-3,14-18,22-23H2,1H3,(H,38,42). The molecular formula is C35H35Cl2N3O7S. The molecule has 1 aliphatic heterocycles. The molecule has 10 nitrogen and oxygen atoms in total. The zero-order valence-corrected chi connectivity index (χ0v) is 28.6. The average Bonchev–Trinajstić information content (AvgIpc) is 3.09. The van der Waals surface area contributed by atoms with E-state index in [9.17, 15) is 22.8 Å². The first kappa shape index (κ1) is 35.2. The van der Waals surface area contributed by atoms with Gasteiger partial charge in [-0.1, -0.05) is 72.9 Å². The van der Waals surface area contributed by atoms with Gasteiger partial charge in [-0.05, 0) is 59.8 Å². The molecule has 2 amide bonds. The highest BCUT2D eigenvalue weighted by molar-refractivity contribution is 7.93. The maximum Gasteiger partial charge on any atom is 0.326 e. The molecule has 0 bridgehead atoms. The minimum atomic E-state index is -4.38. The number of morpholine rings is 1. The van der Waals surface area contributed by atoms with Gasteiger partial charge in [-0.15, -0.1) is 0 Å². The Labute approximate surface area is 289 Å². The van der Waals surface area contributed by atoms with E-state index in [1.54, 1.807) is 65.6 Å². The molecule has 0 saturated carbocycles. The summed E-state index contributed by atoms with van der Waals surface area (Å²) in [6.45, 7) is 3.80. The summed E-state index contributed by atoms with van der Waals surface area (Å²) in [5.74, 6) is -1.19. The maximum absolute atomic E-state index is 14.1. The van der Waals surface area contributed by atoms with E-state index in [-0.39, 0.29) is 45.6 Å². The third-order valence-electron chi connectivity index (χ3n) is 7.82. The molecule has 0 spiro atoms. The molecular weight excluding hydrogens is 677 g/mol. The number of ether oxygens (including phenoxy) is 2. The van der Waals surface area contributed by atoms with E-state index in [2.05, 4.69) is 5.32 Å². The van der Waals surface area contributed by atoms with Crippen LogP contribution >= 0.6 is 23.2 Å². The Kier molecular flexibility index (Phi) is 11.6. The number of benzene rings is 4. The highest BCUT2D eigenvalue weighted by Crippen LogP contribution is 2.34. The van der Waals surface area contributed by atoms with Crippen molar-refractivity contribution < 1.29 is 32.3 Å². The zero-order valence-electron chi connectivity index (χ0n) is 26.3. The number of hydrogen-bond acceptors (Lipinski definition) is 7. The lowest BCUT2D eigenvalue weighted by molar-refractivity contribution is -0.141. The van der Waals surface area contributed by atoms with Crippen molar-refractivity contribution in [2.24, 2.45) is 0 Å². The Morgan fingerprint density at radius 1 is 0.917 bits per heavy atom. The number of nitrogens with zero attached hydrogens (tertiary/aromatic N) is 2. The zero-order chi connectivity index (χ0) is 34.3. The number of nitrogens with one attached hydrogen (secondary N) is 1. The number of carbonyl (C=O) groups is 3. The lowest BCUT2D eigenvalue weighted by atomic mass is 10.0. The van der Waals surface area contributed by atoms with Crippen LogP contribution in [-0.2, 0) is 30.8 Å². The summed E-state index contributed by atoms with van der Waals surface area (Å²) in [6, 6.07) is 20.8. The van der Waals surface area contributed by atoms with Crippen LogP contribution in [0.4, 0.5) is 5.69 Å². The topological polar surface area (TPSA) is 122 Å². The van der Waals surface area contributed by atoms with Gasteiger partial charge in [0.1, 0.15) is 6.54 Å². The Morgan fingerprint density at radius 3 is 2.27 bits per heavy atom. The van der Waals surface area contributed by atoms with Gasteiger partial charge in [0.25, 0.3) is 21.8 Å². The Hall–Kier alpha value is -4.16. The molecule has 0 atom stereocenters. The molecule has 0 radical (unpaired) electrons. The molecule has 13 heteroatoms. The van der Waals surface area contributed by atoms with Crippen LogP contribution in [0.1, 0.15) is 46.0 Å².